The summed E-state index contributed by atoms with van der Waals surface area (Å²) in [5, 5.41) is 3.13. The van der Waals surface area contributed by atoms with Crippen molar-refractivity contribution in [1.82, 2.24) is 5.32 Å². The number of ketones is 1. The molecule has 2 aromatic carbocycles. The Balaban J connectivity index is 1.87. The number of benzene rings is 2. The van der Waals surface area contributed by atoms with Gasteiger partial charge in [0.25, 0.3) is 0 Å². The SMILES string of the molecule is CC(C)(C)CC(=O)C1(S(=O)(=O)c2ccc(-c3ccc(CC(F)(F)C(F)F)cc3)cc2)CCNCC1. The van der Waals surface area contributed by atoms with Crippen molar-refractivity contribution in [3.05, 3.63) is 54.1 Å². The van der Waals surface area contributed by atoms with Crippen molar-refractivity contribution >= 4 is 15.6 Å². The fraction of sp³-hybridized carbons (Fsp3) is 0.500. The van der Waals surface area contributed by atoms with Gasteiger partial charge in [0.1, 0.15) is 4.75 Å². The zero-order chi connectivity index (χ0) is 26.1. The lowest BCUT2D eigenvalue weighted by Crippen LogP contribution is -2.54. The number of hydrogen-bond donors (Lipinski definition) is 1. The minimum Gasteiger partial charge on any atom is -0.317 e. The summed E-state index contributed by atoms with van der Waals surface area (Å²) >= 11 is 0. The van der Waals surface area contributed by atoms with Crippen LogP contribution in [0, 0.1) is 5.41 Å². The normalized spacial score (nSPS) is 16.9. The molecule has 1 N–H and O–H groups in total. The molecule has 0 bridgehead atoms. The predicted octanol–water partition coefficient (Wildman–Crippen LogP) is 5.70. The van der Waals surface area contributed by atoms with E-state index in [4.69, 9.17) is 0 Å². The maximum absolute atomic E-state index is 13.7. The van der Waals surface area contributed by atoms with Crippen LogP contribution in [0.4, 0.5) is 17.6 Å². The van der Waals surface area contributed by atoms with Gasteiger partial charge >= 0.3 is 12.3 Å². The second-order valence-corrected chi connectivity index (χ2v) is 12.6. The Hall–Kier alpha value is -2.26. The van der Waals surface area contributed by atoms with Crippen LogP contribution in [0.25, 0.3) is 11.1 Å². The number of carbonyl (C=O) groups excluding carboxylic acids is 1. The third-order valence-electron chi connectivity index (χ3n) is 6.34. The number of Topliss-reactive ketones (excluding diaryl/α,β-unsaturated/α-hetero) is 1. The summed E-state index contributed by atoms with van der Waals surface area (Å²) in [5.74, 6) is -4.38. The molecule has 192 valence electrons. The van der Waals surface area contributed by atoms with Crippen molar-refractivity contribution in [3.63, 3.8) is 0 Å². The molecule has 0 unspecified atom stereocenters. The molecule has 0 radical (unpaired) electrons. The van der Waals surface area contributed by atoms with Crippen molar-refractivity contribution in [1.29, 1.82) is 0 Å². The average Bonchev–Trinajstić information content (AvgIpc) is 2.78. The molecular weight excluding hydrogens is 482 g/mol. The van der Waals surface area contributed by atoms with E-state index >= 15 is 0 Å². The van der Waals surface area contributed by atoms with Crippen LogP contribution in [0.15, 0.2) is 53.4 Å². The summed E-state index contributed by atoms with van der Waals surface area (Å²) in [6.07, 6.45) is -4.24. The smallest absolute Gasteiger partial charge is 0.311 e. The maximum Gasteiger partial charge on any atom is 0.311 e. The second kappa shape index (κ2) is 10.0. The van der Waals surface area contributed by atoms with Crippen molar-refractivity contribution < 1.29 is 30.8 Å². The summed E-state index contributed by atoms with van der Waals surface area (Å²) in [4.78, 5) is 13.4. The van der Waals surface area contributed by atoms with Crippen LogP contribution in [-0.2, 0) is 21.1 Å². The summed E-state index contributed by atoms with van der Waals surface area (Å²) in [6.45, 7) is 6.58. The van der Waals surface area contributed by atoms with E-state index in [1.54, 1.807) is 12.1 Å². The Bertz CT molecular complexity index is 1130. The van der Waals surface area contributed by atoms with Gasteiger partial charge in [-0.3, -0.25) is 4.79 Å². The number of carbonyl (C=O) groups is 1. The Kier molecular flexibility index (Phi) is 7.82. The van der Waals surface area contributed by atoms with Gasteiger partial charge in [-0.2, -0.15) is 8.78 Å². The van der Waals surface area contributed by atoms with Gasteiger partial charge in [-0.25, -0.2) is 17.2 Å². The molecule has 0 aromatic heterocycles. The number of halogens is 4. The fourth-order valence-corrected chi connectivity index (χ4v) is 6.45. The van der Waals surface area contributed by atoms with Gasteiger partial charge in [0.05, 0.1) is 4.90 Å². The molecule has 1 saturated heterocycles. The van der Waals surface area contributed by atoms with Gasteiger partial charge in [-0.15, -0.1) is 0 Å². The van der Waals surface area contributed by atoms with Crippen LogP contribution in [0.1, 0.15) is 45.6 Å². The summed E-state index contributed by atoms with van der Waals surface area (Å²) in [6, 6.07) is 11.9. The molecule has 1 aliphatic rings. The monoisotopic (exact) mass is 513 g/mol. The van der Waals surface area contributed by atoms with Gasteiger partial charge in [0.15, 0.2) is 15.6 Å². The zero-order valence-electron chi connectivity index (χ0n) is 20.1. The number of alkyl halides is 4. The summed E-state index contributed by atoms with van der Waals surface area (Å²) in [7, 11) is -3.97. The molecule has 35 heavy (non-hydrogen) atoms. The standard InChI is InChI=1S/C26H31F4NO3S/c1-24(2,3)17-22(32)25(12-14-31-15-13-25)35(33,34)21-10-8-20(9-11-21)19-6-4-18(5-7-19)16-26(29,30)23(27)28/h4-11,23,31H,12-17H2,1-3H3. The molecule has 1 heterocycles. The molecule has 2 aromatic rings. The van der Waals surface area contributed by atoms with Crippen molar-refractivity contribution in [3.8, 4) is 11.1 Å². The quantitative estimate of drug-likeness (QED) is 0.460. The third kappa shape index (κ3) is 5.94. The predicted molar refractivity (Wildman–Crippen MR) is 128 cm³/mol. The third-order valence-corrected chi connectivity index (χ3v) is 8.89. The van der Waals surface area contributed by atoms with Gasteiger partial charge in [-0.1, -0.05) is 57.2 Å². The lowest BCUT2D eigenvalue weighted by atomic mass is 9.82. The molecule has 9 heteroatoms. The van der Waals surface area contributed by atoms with E-state index in [0.717, 1.165) is 0 Å². The van der Waals surface area contributed by atoms with Crippen LogP contribution in [-0.4, -0.2) is 44.4 Å². The minimum absolute atomic E-state index is 0.0543. The number of nitrogens with one attached hydrogen (secondary N) is 1. The molecular formula is C26H31F4NO3S. The first-order valence-corrected chi connectivity index (χ1v) is 13.0. The minimum atomic E-state index is -4.10. The van der Waals surface area contributed by atoms with E-state index in [9.17, 15) is 30.8 Å². The van der Waals surface area contributed by atoms with Gasteiger partial charge in [-0.05, 0) is 60.2 Å². The van der Waals surface area contributed by atoms with Crippen molar-refractivity contribution in [2.24, 2.45) is 5.41 Å². The summed E-state index contributed by atoms with van der Waals surface area (Å²) in [5.41, 5.74) is 0.984. The zero-order valence-corrected chi connectivity index (χ0v) is 20.9. The van der Waals surface area contributed by atoms with Crippen LogP contribution in [0.5, 0.6) is 0 Å². The number of rotatable bonds is 8. The van der Waals surface area contributed by atoms with Gasteiger partial charge < -0.3 is 5.32 Å². The molecule has 3 rings (SSSR count). The Morgan fingerprint density at radius 3 is 1.89 bits per heavy atom. The van der Waals surface area contributed by atoms with Crippen molar-refractivity contribution in [2.75, 3.05) is 13.1 Å². The number of sulfone groups is 1. The van der Waals surface area contributed by atoms with Crippen LogP contribution in [0.2, 0.25) is 0 Å². The fourth-order valence-electron chi connectivity index (χ4n) is 4.39. The van der Waals surface area contributed by atoms with Crippen molar-refractivity contribution in [2.45, 2.75) is 68.4 Å². The highest BCUT2D eigenvalue weighted by molar-refractivity contribution is 7.93. The highest BCUT2D eigenvalue weighted by Gasteiger charge is 2.51. The molecule has 1 fully saturated rings. The Morgan fingerprint density at radius 2 is 1.43 bits per heavy atom. The Morgan fingerprint density at radius 1 is 0.943 bits per heavy atom. The largest absolute Gasteiger partial charge is 0.317 e. The molecule has 0 atom stereocenters. The molecule has 0 saturated carbocycles. The second-order valence-electron chi connectivity index (χ2n) is 10.4. The van der Waals surface area contributed by atoms with Gasteiger partial charge in [0, 0.05) is 12.8 Å². The first-order valence-electron chi connectivity index (χ1n) is 11.5. The topological polar surface area (TPSA) is 63.2 Å². The lowest BCUT2D eigenvalue weighted by Gasteiger charge is -2.37. The first-order chi connectivity index (χ1) is 16.2. The highest BCUT2D eigenvalue weighted by Crippen LogP contribution is 2.38. The van der Waals surface area contributed by atoms with E-state index in [2.05, 4.69) is 5.32 Å². The summed E-state index contributed by atoms with van der Waals surface area (Å²) < 4.78 is 77.5. The van der Waals surface area contributed by atoms with E-state index < -0.39 is 33.4 Å². The van der Waals surface area contributed by atoms with Crippen LogP contribution < -0.4 is 5.32 Å². The van der Waals surface area contributed by atoms with E-state index in [1.807, 2.05) is 20.8 Å². The maximum atomic E-state index is 13.7. The molecule has 0 spiro atoms. The highest BCUT2D eigenvalue weighted by atomic mass is 32.2. The first kappa shape index (κ1) is 27.3. The average molecular weight is 514 g/mol. The molecule has 1 aliphatic heterocycles. The Labute approximate surface area is 204 Å². The van der Waals surface area contributed by atoms with E-state index in [1.165, 1.54) is 36.4 Å². The molecule has 0 amide bonds. The van der Waals surface area contributed by atoms with Crippen LogP contribution >= 0.6 is 0 Å². The van der Waals surface area contributed by atoms with E-state index in [-0.39, 0.29) is 40.9 Å². The van der Waals surface area contributed by atoms with Crippen LogP contribution in [0.3, 0.4) is 0 Å². The van der Waals surface area contributed by atoms with Gasteiger partial charge in [0.2, 0.25) is 0 Å². The molecule has 4 nitrogen and oxygen atoms in total. The number of hydrogen-bond acceptors (Lipinski definition) is 4. The lowest BCUT2D eigenvalue weighted by molar-refractivity contribution is -0.127. The number of piperidine rings is 1. The molecule has 0 aliphatic carbocycles. The van der Waals surface area contributed by atoms with E-state index in [0.29, 0.717) is 24.2 Å².